The molecule has 190 valence electrons. The minimum Gasteiger partial charge on any atom is -0.486 e. The molecule has 34 heavy (non-hydrogen) atoms. The zero-order valence-corrected chi connectivity index (χ0v) is 20.5. The second-order valence-electron chi connectivity index (χ2n) is 8.39. The van der Waals surface area contributed by atoms with Crippen molar-refractivity contribution in [1.29, 1.82) is 0 Å². The maximum atomic E-state index is 12.8. The Kier molecular flexibility index (Phi) is 6.70. The number of cyclic esters (lactones) is 1. The molecule has 3 heterocycles. The molecule has 13 heteroatoms. The fourth-order valence-electron chi connectivity index (χ4n) is 4.07. The van der Waals surface area contributed by atoms with Crippen molar-refractivity contribution in [2.24, 2.45) is 0 Å². The standard InChI is InChI=1S/C21H29NO11S/c1-20(26-3)21(2,27-4)33-18(17(32-20)12-30-34(5,24)25)16-11-22(19(23)31-16)13-6-7-14-15(10-13)29-9-8-28-14/h6-7,10,16-18H,8-9,11-12H2,1-5H3/t16?,17-,18-,20+,21+/m0/s1. The van der Waals surface area contributed by atoms with E-state index in [9.17, 15) is 13.2 Å². The summed E-state index contributed by atoms with van der Waals surface area (Å²) in [6.07, 6.45) is -2.39. The van der Waals surface area contributed by atoms with Crippen LogP contribution < -0.4 is 14.4 Å². The molecule has 2 saturated heterocycles. The minimum atomic E-state index is -3.77. The van der Waals surface area contributed by atoms with E-state index in [0.29, 0.717) is 30.4 Å². The summed E-state index contributed by atoms with van der Waals surface area (Å²) in [5.41, 5.74) is 0.550. The number of rotatable bonds is 7. The van der Waals surface area contributed by atoms with Gasteiger partial charge in [-0.15, -0.1) is 0 Å². The van der Waals surface area contributed by atoms with Gasteiger partial charge >= 0.3 is 6.09 Å². The van der Waals surface area contributed by atoms with Crippen molar-refractivity contribution >= 4 is 21.9 Å². The van der Waals surface area contributed by atoms with Crippen molar-refractivity contribution in [3.05, 3.63) is 18.2 Å². The number of amides is 1. The topological polar surface area (TPSA) is 128 Å². The lowest BCUT2D eigenvalue weighted by Crippen LogP contribution is -2.68. The van der Waals surface area contributed by atoms with Gasteiger partial charge in [-0.1, -0.05) is 0 Å². The number of ether oxygens (including phenoxy) is 7. The van der Waals surface area contributed by atoms with Crippen LogP contribution in [0.15, 0.2) is 18.2 Å². The maximum absolute atomic E-state index is 12.8. The summed E-state index contributed by atoms with van der Waals surface area (Å²) in [5.74, 6) is -1.68. The number of fused-ring (bicyclic) bond motifs is 1. The van der Waals surface area contributed by atoms with Crippen LogP contribution in [0, 0.1) is 0 Å². The normalized spacial score (nSPS) is 33.6. The molecule has 0 radical (unpaired) electrons. The van der Waals surface area contributed by atoms with E-state index in [1.807, 2.05) is 0 Å². The van der Waals surface area contributed by atoms with Crippen LogP contribution in [-0.2, 0) is 38.0 Å². The van der Waals surface area contributed by atoms with Crippen LogP contribution in [0.1, 0.15) is 13.8 Å². The molecule has 0 aliphatic carbocycles. The fraction of sp³-hybridized carbons (Fsp3) is 0.667. The second-order valence-corrected chi connectivity index (χ2v) is 10.0. The summed E-state index contributed by atoms with van der Waals surface area (Å²) < 4.78 is 68.4. The van der Waals surface area contributed by atoms with E-state index < -0.39 is 46.1 Å². The number of hydrogen-bond donors (Lipinski definition) is 0. The highest BCUT2D eigenvalue weighted by atomic mass is 32.2. The van der Waals surface area contributed by atoms with Crippen molar-refractivity contribution in [3.63, 3.8) is 0 Å². The van der Waals surface area contributed by atoms with Crippen molar-refractivity contribution in [2.45, 2.75) is 43.7 Å². The van der Waals surface area contributed by atoms with Gasteiger partial charge in [0.15, 0.2) is 17.6 Å². The highest BCUT2D eigenvalue weighted by molar-refractivity contribution is 7.85. The summed E-state index contributed by atoms with van der Waals surface area (Å²) in [4.78, 5) is 14.2. The van der Waals surface area contributed by atoms with Crippen LogP contribution >= 0.6 is 0 Å². The van der Waals surface area contributed by atoms with Crippen LogP contribution in [0.3, 0.4) is 0 Å². The zero-order chi connectivity index (χ0) is 24.7. The van der Waals surface area contributed by atoms with Gasteiger partial charge in [0.1, 0.15) is 25.4 Å². The van der Waals surface area contributed by atoms with E-state index >= 15 is 0 Å². The Morgan fingerprint density at radius 3 is 2.35 bits per heavy atom. The van der Waals surface area contributed by atoms with E-state index in [1.165, 1.54) is 19.1 Å². The molecule has 1 amide bonds. The third-order valence-electron chi connectivity index (χ3n) is 6.19. The predicted molar refractivity (Wildman–Crippen MR) is 116 cm³/mol. The highest BCUT2D eigenvalue weighted by Gasteiger charge is 2.59. The molecule has 5 atom stereocenters. The monoisotopic (exact) mass is 503 g/mol. The third-order valence-corrected chi connectivity index (χ3v) is 6.76. The zero-order valence-electron chi connectivity index (χ0n) is 19.6. The van der Waals surface area contributed by atoms with Crippen molar-refractivity contribution in [3.8, 4) is 11.5 Å². The molecule has 1 aromatic carbocycles. The van der Waals surface area contributed by atoms with E-state index in [4.69, 9.17) is 37.3 Å². The molecule has 3 aliphatic rings. The lowest BCUT2D eigenvalue weighted by Gasteiger charge is -2.52. The largest absolute Gasteiger partial charge is 0.486 e. The number of hydrogen-bond acceptors (Lipinski definition) is 11. The Morgan fingerprint density at radius 1 is 1.06 bits per heavy atom. The summed E-state index contributed by atoms with van der Waals surface area (Å²) in [7, 11) is -0.939. The first kappa shape index (κ1) is 24.9. The van der Waals surface area contributed by atoms with Crippen LogP contribution in [0.4, 0.5) is 10.5 Å². The Labute approximate surface area is 198 Å². The van der Waals surface area contributed by atoms with Crippen molar-refractivity contribution in [1.82, 2.24) is 0 Å². The molecule has 3 aliphatic heterocycles. The molecule has 0 bridgehead atoms. The van der Waals surface area contributed by atoms with Gasteiger partial charge in [-0.05, 0) is 26.0 Å². The quantitative estimate of drug-likeness (QED) is 0.499. The first-order chi connectivity index (χ1) is 16.0. The molecule has 12 nitrogen and oxygen atoms in total. The molecule has 0 spiro atoms. The molecule has 0 saturated carbocycles. The van der Waals surface area contributed by atoms with Crippen molar-refractivity contribution < 1.29 is 50.6 Å². The number of benzene rings is 1. The molecule has 4 rings (SSSR count). The maximum Gasteiger partial charge on any atom is 0.414 e. The summed E-state index contributed by atoms with van der Waals surface area (Å²) in [6.45, 7) is 3.81. The number of anilines is 1. The van der Waals surface area contributed by atoms with Crippen LogP contribution in [0.25, 0.3) is 0 Å². The smallest absolute Gasteiger partial charge is 0.414 e. The van der Waals surface area contributed by atoms with Gasteiger partial charge < -0.3 is 33.2 Å². The first-order valence-electron chi connectivity index (χ1n) is 10.7. The van der Waals surface area contributed by atoms with Gasteiger partial charge in [0.2, 0.25) is 11.6 Å². The predicted octanol–water partition coefficient (Wildman–Crippen LogP) is 1.27. The number of carbonyl (C=O) groups excluding carboxylic acids is 1. The minimum absolute atomic E-state index is 0.103. The number of nitrogens with zero attached hydrogens (tertiary/aromatic N) is 1. The van der Waals surface area contributed by atoms with Gasteiger partial charge in [0, 0.05) is 20.3 Å². The van der Waals surface area contributed by atoms with Gasteiger partial charge in [0.25, 0.3) is 10.1 Å². The van der Waals surface area contributed by atoms with Gasteiger partial charge in [-0.3, -0.25) is 9.08 Å². The Hall–Kier alpha value is -2.16. The molecule has 1 aromatic rings. The average molecular weight is 504 g/mol. The van der Waals surface area contributed by atoms with Crippen molar-refractivity contribution in [2.75, 3.05) is 51.7 Å². The van der Waals surface area contributed by atoms with Gasteiger partial charge in [-0.25, -0.2) is 4.79 Å². The molecular formula is C21H29NO11S. The molecule has 2 fully saturated rings. The Bertz CT molecular complexity index is 1030. The van der Waals surface area contributed by atoms with E-state index in [0.717, 1.165) is 6.26 Å². The lowest BCUT2D eigenvalue weighted by atomic mass is 10.0. The van der Waals surface area contributed by atoms with Crippen LogP contribution in [0.5, 0.6) is 11.5 Å². The third kappa shape index (κ3) is 4.68. The van der Waals surface area contributed by atoms with Gasteiger partial charge in [-0.2, -0.15) is 8.42 Å². The second kappa shape index (κ2) is 9.13. The van der Waals surface area contributed by atoms with E-state index in [-0.39, 0.29) is 13.2 Å². The highest BCUT2D eigenvalue weighted by Crippen LogP contribution is 2.42. The number of carbonyl (C=O) groups is 1. The van der Waals surface area contributed by atoms with E-state index in [2.05, 4.69) is 0 Å². The summed E-state index contributed by atoms with van der Waals surface area (Å²) in [6, 6.07) is 5.14. The SMILES string of the molecule is CO[C@]1(C)O[C@@H](COS(C)(=O)=O)[C@H](C2CN(c3ccc4c(c3)OCCO4)C(=O)O2)O[C@@]1(C)OC. The fourth-order valence-corrected chi connectivity index (χ4v) is 4.46. The molecule has 0 N–H and O–H groups in total. The Morgan fingerprint density at radius 2 is 1.71 bits per heavy atom. The molecule has 0 aromatic heterocycles. The van der Waals surface area contributed by atoms with Crippen LogP contribution in [0.2, 0.25) is 0 Å². The molecule has 1 unspecified atom stereocenters. The van der Waals surface area contributed by atoms with Crippen LogP contribution in [-0.4, -0.2) is 91.2 Å². The Balaban J connectivity index is 1.59. The summed E-state index contributed by atoms with van der Waals surface area (Å²) >= 11 is 0. The average Bonchev–Trinajstić information content (AvgIpc) is 3.20. The number of methoxy groups -OCH3 is 2. The molecular weight excluding hydrogens is 474 g/mol. The lowest BCUT2D eigenvalue weighted by molar-refractivity contribution is -0.453. The van der Waals surface area contributed by atoms with E-state index in [1.54, 1.807) is 32.0 Å². The van der Waals surface area contributed by atoms with Gasteiger partial charge in [0.05, 0.1) is 25.1 Å². The summed E-state index contributed by atoms with van der Waals surface area (Å²) in [5, 5.41) is 0. The first-order valence-corrected chi connectivity index (χ1v) is 12.5.